The number of methoxy groups -OCH3 is 2. The summed E-state index contributed by atoms with van der Waals surface area (Å²) in [6.45, 7) is 6.03. The summed E-state index contributed by atoms with van der Waals surface area (Å²) in [5.74, 6) is 1.04. The number of benzene rings is 3. The van der Waals surface area contributed by atoms with Gasteiger partial charge < -0.3 is 29.7 Å². The number of fused-ring (bicyclic) bond motifs is 1. The fraction of sp³-hybridized carbons (Fsp3) is 0.351. The zero-order valence-corrected chi connectivity index (χ0v) is 29.9. The maximum atomic E-state index is 12.2. The average molecular weight is 733 g/mol. The summed E-state index contributed by atoms with van der Waals surface area (Å²) < 4.78 is 17.2. The van der Waals surface area contributed by atoms with Crippen molar-refractivity contribution in [3.63, 3.8) is 0 Å². The van der Waals surface area contributed by atoms with Crippen LogP contribution in [0.15, 0.2) is 54.7 Å². The molecule has 2 aliphatic rings. The van der Waals surface area contributed by atoms with Crippen LogP contribution in [0.2, 0.25) is 10.0 Å². The van der Waals surface area contributed by atoms with E-state index in [1.165, 1.54) is 18.9 Å². The van der Waals surface area contributed by atoms with Crippen molar-refractivity contribution in [2.24, 2.45) is 0 Å². The molecule has 14 heteroatoms. The van der Waals surface area contributed by atoms with Crippen molar-refractivity contribution < 1.29 is 23.8 Å². The van der Waals surface area contributed by atoms with Crippen LogP contribution in [0.5, 0.6) is 17.2 Å². The Morgan fingerprint density at radius 3 is 2.51 bits per heavy atom. The summed E-state index contributed by atoms with van der Waals surface area (Å²) in [6, 6.07) is 16.8. The molecule has 2 aliphatic heterocycles. The van der Waals surface area contributed by atoms with E-state index in [9.17, 15) is 14.9 Å². The Balaban J connectivity index is 1.01. The lowest BCUT2D eigenvalue weighted by Crippen LogP contribution is -2.47. The largest absolute Gasteiger partial charge is 0.495 e. The SMILES string of the molecule is COc1cc(Nc2c(C#N)cnc3cc(OCCCN4CCN(Cc5cccc(NC6CCC(=O)NC6=O)c5)CC4)c(OC)cc23)c(Cl)cc1Cl. The number of nitrogens with one attached hydrogen (secondary N) is 3. The molecule has 0 saturated carbocycles. The van der Waals surface area contributed by atoms with Gasteiger partial charge in [0.1, 0.15) is 17.9 Å². The molecule has 266 valence electrons. The van der Waals surface area contributed by atoms with Gasteiger partial charge in [-0.1, -0.05) is 35.3 Å². The van der Waals surface area contributed by atoms with E-state index in [4.69, 9.17) is 37.4 Å². The van der Waals surface area contributed by atoms with Crippen LogP contribution in [-0.2, 0) is 16.1 Å². The van der Waals surface area contributed by atoms with Gasteiger partial charge in [0.25, 0.3) is 0 Å². The van der Waals surface area contributed by atoms with Crippen LogP contribution in [0.1, 0.15) is 30.4 Å². The summed E-state index contributed by atoms with van der Waals surface area (Å²) in [4.78, 5) is 33.0. The Kier molecular flexibility index (Phi) is 11.6. The number of carbonyl (C=O) groups excluding carboxylic acids is 2. The maximum Gasteiger partial charge on any atom is 0.249 e. The number of hydrogen-bond acceptors (Lipinski definition) is 11. The highest BCUT2D eigenvalue weighted by atomic mass is 35.5. The minimum Gasteiger partial charge on any atom is -0.495 e. The molecule has 2 fully saturated rings. The van der Waals surface area contributed by atoms with E-state index in [-0.39, 0.29) is 11.8 Å². The number of nitriles is 1. The van der Waals surface area contributed by atoms with Crippen LogP contribution in [0.3, 0.4) is 0 Å². The van der Waals surface area contributed by atoms with E-state index < -0.39 is 6.04 Å². The first kappa shape index (κ1) is 36.0. The van der Waals surface area contributed by atoms with Crippen molar-refractivity contribution in [1.29, 1.82) is 5.26 Å². The molecule has 1 atom stereocenters. The number of amides is 2. The molecule has 2 saturated heterocycles. The summed E-state index contributed by atoms with van der Waals surface area (Å²) in [5.41, 5.74) is 4.06. The third-order valence-electron chi connectivity index (χ3n) is 9.03. The third-order valence-corrected chi connectivity index (χ3v) is 9.64. The number of rotatable bonds is 13. The van der Waals surface area contributed by atoms with Gasteiger partial charge in [0.15, 0.2) is 11.5 Å². The molecule has 4 aromatic rings. The number of pyridine rings is 1. The van der Waals surface area contributed by atoms with Crippen molar-refractivity contribution in [3.8, 4) is 23.3 Å². The van der Waals surface area contributed by atoms with Gasteiger partial charge in [0.05, 0.1) is 53.3 Å². The number of hydrogen-bond donors (Lipinski definition) is 3. The Hall–Kier alpha value is -4.80. The van der Waals surface area contributed by atoms with E-state index >= 15 is 0 Å². The van der Waals surface area contributed by atoms with Gasteiger partial charge in [-0.05, 0) is 42.7 Å². The van der Waals surface area contributed by atoms with Gasteiger partial charge in [-0.25, -0.2) is 0 Å². The Morgan fingerprint density at radius 1 is 0.980 bits per heavy atom. The average Bonchev–Trinajstić information content (AvgIpc) is 3.13. The second kappa shape index (κ2) is 16.5. The molecule has 0 aliphatic carbocycles. The Morgan fingerprint density at radius 2 is 1.76 bits per heavy atom. The predicted octanol–water partition coefficient (Wildman–Crippen LogP) is 5.98. The number of anilines is 3. The number of nitrogens with zero attached hydrogens (tertiary/aromatic N) is 4. The number of carbonyl (C=O) groups is 2. The van der Waals surface area contributed by atoms with E-state index in [1.54, 1.807) is 19.2 Å². The van der Waals surface area contributed by atoms with Crippen LogP contribution < -0.4 is 30.2 Å². The zero-order chi connectivity index (χ0) is 35.9. The van der Waals surface area contributed by atoms with Gasteiger partial charge >= 0.3 is 0 Å². The van der Waals surface area contributed by atoms with Crippen molar-refractivity contribution in [2.45, 2.75) is 31.8 Å². The highest BCUT2D eigenvalue weighted by Crippen LogP contribution is 2.40. The van der Waals surface area contributed by atoms with E-state index in [0.717, 1.165) is 51.4 Å². The standard InChI is InChI=1S/C37H39Cl2N7O5/c1-49-32-19-31(27(38)17-28(32)39)43-36-24(20-40)21-41-30-18-34(33(50-2)16-26(30)36)51-14-4-9-45-10-12-46(13-11-45)22-23-5-3-6-25(15-23)42-29-7-8-35(47)44-37(29)48/h3,5-6,15-19,21,29,42H,4,7-14,22H2,1-2H3,(H,41,43)(H,44,47,48). The molecular weight excluding hydrogens is 693 g/mol. The van der Waals surface area contributed by atoms with Gasteiger partial charge in [-0.15, -0.1) is 0 Å². The molecule has 3 heterocycles. The maximum absolute atomic E-state index is 12.2. The lowest BCUT2D eigenvalue weighted by atomic mass is 10.1. The summed E-state index contributed by atoms with van der Waals surface area (Å²) in [6.07, 6.45) is 3.18. The van der Waals surface area contributed by atoms with Crippen molar-refractivity contribution >= 4 is 63.0 Å². The van der Waals surface area contributed by atoms with Gasteiger partial charge in [-0.2, -0.15) is 5.26 Å². The van der Waals surface area contributed by atoms with E-state index in [1.807, 2.05) is 24.3 Å². The van der Waals surface area contributed by atoms with E-state index in [0.29, 0.717) is 74.6 Å². The summed E-state index contributed by atoms with van der Waals surface area (Å²) in [5, 5.41) is 20.2. The zero-order valence-electron chi connectivity index (χ0n) is 28.4. The normalized spacial score (nSPS) is 16.7. The predicted molar refractivity (Wildman–Crippen MR) is 197 cm³/mol. The molecule has 0 radical (unpaired) electrons. The highest BCUT2D eigenvalue weighted by Gasteiger charge is 2.26. The third kappa shape index (κ3) is 8.75. The lowest BCUT2D eigenvalue weighted by Gasteiger charge is -2.34. The fourth-order valence-electron chi connectivity index (χ4n) is 6.30. The lowest BCUT2D eigenvalue weighted by molar-refractivity contribution is -0.133. The number of ether oxygens (including phenoxy) is 3. The van der Waals surface area contributed by atoms with Gasteiger partial charge in [0, 0.05) is 75.1 Å². The molecule has 3 aromatic carbocycles. The number of halogens is 2. The van der Waals surface area contributed by atoms with Crippen LogP contribution in [0.4, 0.5) is 17.1 Å². The number of piperazine rings is 1. The molecular formula is C37H39Cl2N7O5. The minimum atomic E-state index is -0.399. The quantitative estimate of drug-likeness (QED) is 0.111. The van der Waals surface area contributed by atoms with Crippen LogP contribution >= 0.6 is 23.2 Å². The smallest absolute Gasteiger partial charge is 0.249 e. The van der Waals surface area contributed by atoms with Crippen LogP contribution in [-0.4, -0.2) is 86.2 Å². The Bertz CT molecular complexity index is 1960. The molecule has 1 aromatic heterocycles. The molecule has 51 heavy (non-hydrogen) atoms. The van der Waals surface area contributed by atoms with Crippen molar-refractivity contribution in [1.82, 2.24) is 20.1 Å². The van der Waals surface area contributed by atoms with Crippen LogP contribution in [0.25, 0.3) is 10.9 Å². The van der Waals surface area contributed by atoms with Crippen molar-refractivity contribution in [2.75, 3.05) is 64.2 Å². The minimum absolute atomic E-state index is 0.217. The molecule has 12 nitrogen and oxygen atoms in total. The topological polar surface area (TPSA) is 141 Å². The number of piperidine rings is 1. The fourth-order valence-corrected chi connectivity index (χ4v) is 6.81. The molecule has 2 amide bonds. The van der Waals surface area contributed by atoms with E-state index in [2.05, 4.69) is 48.9 Å². The monoisotopic (exact) mass is 731 g/mol. The first-order chi connectivity index (χ1) is 24.7. The summed E-state index contributed by atoms with van der Waals surface area (Å²) >= 11 is 12.7. The molecule has 6 rings (SSSR count). The molecule has 0 spiro atoms. The first-order valence-electron chi connectivity index (χ1n) is 16.7. The molecule has 1 unspecified atom stereocenters. The number of aromatic nitrogens is 1. The molecule has 3 N–H and O–H groups in total. The van der Waals surface area contributed by atoms with Gasteiger partial charge in [0.2, 0.25) is 11.8 Å². The van der Waals surface area contributed by atoms with Crippen LogP contribution in [0, 0.1) is 11.3 Å². The van der Waals surface area contributed by atoms with Crippen molar-refractivity contribution in [3.05, 3.63) is 75.9 Å². The van der Waals surface area contributed by atoms with Gasteiger partial charge in [-0.3, -0.25) is 24.8 Å². The Labute approximate surface area is 306 Å². The highest BCUT2D eigenvalue weighted by molar-refractivity contribution is 6.37. The second-order valence-corrected chi connectivity index (χ2v) is 13.3. The second-order valence-electron chi connectivity index (χ2n) is 12.4. The first-order valence-corrected chi connectivity index (χ1v) is 17.5. The molecule has 0 bridgehead atoms. The number of imide groups is 1. The summed E-state index contributed by atoms with van der Waals surface area (Å²) in [7, 11) is 3.10.